The summed E-state index contributed by atoms with van der Waals surface area (Å²) in [5.41, 5.74) is 1.25. The van der Waals surface area contributed by atoms with E-state index in [2.05, 4.69) is 33.9 Å². The van der Waals surface area contributed by atoms with Crippen LogP contribution in [0.4, 0.5) is 11.5 Å². The fourth-order valence-electron chi connectivity index (χ4n) is 4.54. The van der Waals surface area contributed by atoms with Crippen LogP contribution in [0.25, 0.3) is 0 Å². The van der Waals surface area contributed by atoms with Crippen LogP contribution in [0.2, 0.25) is 18.1 Å². The molecule has 0 atom stereocenters. The third-order valence-corrected chi connectivity index (χ3v) is 13.5. The van der Waals surface area contributed by atoms with Gasteiger partial charge in [0, 0.05) is 24.9 Å². The molecule has 1 aliphatic carbocycles. The quantitative estimate of drug-likeness (QED) is 0.337. The SMILES string of the molecule is Cc1cc(N(C(=O)CCC2CCCC2)c2ccn(CCO[Si](C)(C)C(C)(C)C)n2)ccc1S(C)(=O)=O. The van der Waals surface area contributed by atoms with Gasteiger partial charge in [0.15, 0.2) is 24.0 Å². The zero-order chi connectivity index (χ0) is 26.7. The predicted octanol–water partition coefficient (Wildman–Crippen LogP) is 6.25. The Kier molecular flexibility index (Phi) is 8.89. The Bertz CT molecular complexity index is 1160. The van der Waals surface area contributed by atoms with Gasteiger partial charge in [-0.3, -0.25) is 14.4 Å². The molecule has 1 fully saturated rings. The third kappa shape index (κ3) is 7.07. The highest BCUT2D eigenvalue weighted by Gasteiger charge is 2.37. The van der Waals surface area contributed by atoms with E-state index in [1.54, 1.807) is 30.0 Å². The fourth-order valence-corrected chi connectivity index (χ4v) is 6.53. The van der Waals surface area contributed by atoms with Crippen LogP contribution in [0.5, 0.6) is 0 Å². The number of hydrogen-bond donors (Lipinski definition) is 0. The summed E-state index contributed by atoms with van der Waals surface area (Å²) in [6.07, 6.45) is 9.27. The highest BCUT2D eigenvalue weighted by atomic mass is 32.2. The number of hydrogen-bond acceptors (Lipinski definition) is 5. The third-order valence-electron chi connectivity index (χ3n) is 7.75. The van der Waals surface area contributed by atoms with Crippen molar-refractivity contribution in [3.63, 3.8) is 0 Å². The maximum Gasteiger partial charge on any atom is 0.232 e. The molecular weight excluding hydrogens is 490 g/mol. The number of nitrogens with zero attached hydrogens (tertiary/aromatic N) is 3. The minimum atomic E-state index is -3.34. The van der Waals surface area contributed by atoms with Crippen molar-refractivity contribution in [2.45, 2.75) is 95.8 Å². The Morgan fingerprint density at radius 1 is 1.19 bits per heavy atom. The monoisotopic (exact) mass is 533 g/mol. The molecule has 0 bridgehead atoms. The van der Waals surface area contributed by atoms with E-state index in [1.807, 2.05) is 16.9 Å². The van der Waals surface area contributed by atoms with Crippen molar-refractivity contribution in [1.82, 2.24) is 9.78 Å². The summed E-state index contributed by atoms with van der Waals surface area (Å²) in [6.45, 7) is 14.0. The van der Waals surface area contributed by atoms with E-state index in [9.17, 15) is 13.2 Å². The molecule has 9 heteroatoms. The molecule has 0 aliphatic heterocycles. The van der Waals surface area contributed by atoms with Gasteiger partial charge in [0.2, 0.25) is 5.91 Å². The number of benzene rings is 1. The van der Waals surface area contributed by atoms with Crippen molar-refractivity contribution in [2.75, 3.05) is 17.8 Å². The summed E-state index contributed by atoms with van der Waals surface area (Å²) in [5.74, 6) is 1.14. The first-order valence-electron chi connectivity index (χ1n) is 13.0. The minimum absolute atomic E-state index is 0.0174. The molecule has 0 saturated heterocycles. The van der Waals surface area contributed by atoms with Crippen molar-refractivity contribution in [3.8, 4) is 0 Å². The molecule has 200 valence electrons. The van der Waals surface area contributed by atoms with E-state index >= 15 is 0 Å². The van der Waals surface area contributed by atoms with Crippen molar-refractivity contribution < 1.29 is 17.6 Å². The van der Waals surface area contributed by atoms with E-state index in [-0.39, 0.29) is 15.8 Å². The summed E-state index contributed by atoms with van der Waals surface area (Å²) >= 11 is 0. The van der Waals surface area contributed by atoms with Crippen LogP contribution < -0.4 is 4.90 Å². The van der Waals surface area contributed by atoms with Gasteiger partial charge in [-0.1, -0.05) is 46.5 Å². The molecule has 0 spiro atoms. The topological polar surface area (TPSA) is 81.5 Å². The van der Waals surface area contributed by atoms with E-state index in [0.29, 0.717) is 42.6 Å². The lowest BCUT2D eigenvalue weighted by atomic mass is 10.0. The molecule has 1 aliphatic rings. The average molecular weight is 534 g/mol. The van der Waals surface area contributed by atoms with E-state index in [4.69, 9.17) is 9.52 Å². The van der Waals surface area contributed by atoms with Crippen LogP contribution in [0.3, 0.4) is 0 Å². The van der Waals surface area contributed by atoms with Crippen molar-refractivity contribution in [3.05, 3.63) is 36.0 Å². The van der Waals surface area contributed by atoms with E-state index in [1.165, 1.54) is 31.9 Å². The zero-order valence-electron chi connectivity index (χ0n) is 23.0. The number of carbonyl (C=O) groups excluding carboxylic acids is 1. The van der Waals surface area contributed by atoms with E-state index < -0.39 is 18.2 Å². The van der Waals surface area contributed by atoms with Gasteiger partial charge < -0.3 is 4.43 Å². The van der Waals surface area contributed by atoms with Gasteiger partial charge in [0.1, 0.15) is 0 Å². The van der Waals surface area contributed by atoms with Gasteiger partial charge in [-0.2, -0.15) is 5.10 Å². The highest BCUT2D eigenvalue weighted by Crippen LogP contribution is 2.36. The van der Waals surface area contributed by atoms with Gasteiger partial charge in [0.25, 0.3) is 0 Å². The Labute approximate surface area is 218 Å². The largest absolute Gasteiger partial charge is 0.415 e. The molecule has 1 saturated carbocycles. The normalized spacial score (nSPS) is 15.4. The van der Waals surface area contributed by atoms with Crippen LogP contribution in [0, 0.1) is 12.8 Å². The lowest BCUT2D eigenvalue weighted by Gasteiger charge is -2.36. The van der Waals surface area contributed by atoms with Crippen molar-refractivity contribution in [2.24, 2.45) is 5.92 Å². The molecule has 1 amide bonds. The first kappa shape index (κ1) is 28.6. The molecule has 2 aromatic rings. The summed E-state index contributed by atoms with van der Waals surface area (Å²) in [6, 6.07) is 6.90. The Balaban J connectivity index is 1.82. The Hall–Kier alpha value is -1.97. The van der Waals surface area contributed by atoms with Crippen LogP contribution in [-0.2, 0) is 25.6 Å². The Morgan fingerprint density at radius 2 is 1.86 bits per heavy atom. The van der Waals surface area contributed by atoms with Crippen LogP contribution in [0.15, 0.2) is 35.4 Å². The average Bonchev–Trinajstić information content (AvgIpc) is 3.43. The molecule has 7 nitrogen and oxygen atoms in total. The highest BCUT2D eigenvalue weighted by molar-refractivity contribution is 7.90. The number of anilines is 2. The second-order valence-corrected chi connectivity index (χ2v) is 18.5. The summed E-state index contributed by atoms with van der Waals surface area (Å²) in [4.78, 5) is 15.4. The van der Waals surface area contributed by atoms with Crippen molar-refractivity contribution >= 4 is 35.6 Å². The van der Waals surface area contributed by atoms with Crippen molar-refractivity contribution in [1.29, 1.82) is 0 Å². The number of amides is 1. The number of aryl methyl sites for hydroxylation is 1. The molecule has 0 unspecified atom stereocenters. The minimum Gasteiger partial charge on any atom is -0.415 e. The second-order valence-electron chi connectivity index (χ2n) is 11.7. The first-order valence-corrected chi connectivity index (χ1v) is 17.8. The lowest BCUT2D eigenvalue weighted by Crippen LogP contribution is -2.41. The van der Waals surface area contributed by atoms with Gasteiger partial charge >= 0.3 is 0 Å². The zero-order valence-corrected chi connectivity index (χ0v) is 24.8. The van der Waals surface area contributed by atoms with Gasteiger partial charge in [-0.15, -0.1) is 0 Å². The number of sulfone groups is 1. The van der Waals surface area contributed by atoms with Gasteiger partial charge in [-0.25, -0.2) is 8.42 Å². The molecule has 36 heavy (non-hydrogen) atoms. The predicted molar refractivity (Wildman–Crippen MR) is 148 cm³/mol. The van der Waals surface area contributed by atoms with Gasteiger partial charge in [0.05, 0.1) is 23.7 Å². The van der Waals surface area contributed by atoms with Crippen LogP contribution >= 0.6 is 0 Å². The summed E-state index contributed by atoms with van der Waals surface area (Å²) in [7, 11) is -5.19. The fraction of sp³-hybridized carbons (Fsp3) is 0.630. The molecule has 3 rings (SSSR count). The molecular formula is C27H43N3O4SSi. The molecule has 1 aromatic heterocycles. The maximum absolute atomic E-state index is 13.5. The summed E-state index contributed by atoms with van der Waals surface area (Å²) < 4.78 is 32.4. The molecule has 0 radical (unpaired) electrons. The smallest absolute Gasteiger partial charge is 0.232 e. The molecule has 0 N–H and O–H groups in total. The number of rotatable bonds is 10. The number of carbonyl (C=O) groups is 1. The summed E-state index contributed by atoms with van der Waals surface area (Å²) in [5, 5.41) is 4.85. The Morgan fingerprint density at radius 3 is 2.44 bits per heavy atom. The molecule has 1 aromatic carbocycles. The second kappa shape index (κ2) is 11.2. The van der Waals surface area contributed by atoms with E-state index in [0.717, 1.165) is 6.42 Å². The lowest BCUT2D eigenvalue weighted by molar-refractivity contribution is -0.118. The van der Waals surface area contributed by atoms with Gasteiger partial charge in [-0.05, 0) is 61.2 Å². The number of aromatic nitrogens is 2. The van der Waals surface area contributed by atoms with Crippen LogP contribution in [-0.4, -0.2) is 45.3 Å². The first-order chi connectivity index (χ1) is 16.7. The standard InChI is InChI=1S/C27H43N3O4SSi/c1-21-20-23(13-14-24(21)35(5,32)33)30(26(31)15-12-22-10-8-9-11-22)25-16-17-29(28-25)18-19-34-36(6,7)27(2,3)4/h13-14,16-17,20,22H,8-12,15,18-19H2,1-7H3. The maximum atomic E-state index is 13.5. The molecule has 1 heterocycles. The van der Waals surface area contributed by atoms with Crippen LogP contribution in [0.1, 0.15) is 64.9 Å².